The zero-order valence-corrected chi connectivity index (χ0v) is 14.5. The van der Waals surface area contributed by atoms with Crippen LogP contribution in [-0.2, 0) is 40.9 Å². The molecule has 0 heterocycles. The molecular formula is C4H4CaKO8Ti+7. The van der Waals surface area contributed by atoms with Crippen LogP contribution in [0.3, 0.4) is 0 Å². The Labute approximate surface area is 171 Å². The van der Waals surface area contributed by atoms with E-state index in [0.29, 0.717) is 0 Å². The summed E-state index contributed by atoms with van der Waals surface area (Å²) in [6.07, 6.45) is 0. The number of carboxylic acid groups (broad SMARTS) is 4. The van der Waals surface area contributed by atoms with E-state index in [4.69, 9.17) is 39.6 Å². The summed E-state index contributed by atoms with van der Waals surface area (Å²) in [6, 6.07) is 0. The largest absolute Gasteiger partial charge is 4.00 e. The topological polar surface area (TPSA) is 149 Å². The molecule has 4 N–H and O–H groups in total. The van der Waals surface area contributed by atoms with Crippen LogP contribution in [0.5, 0.6) is 0 Å². The molecule has 0 amide bonds. The van der Waals surface area contributed by atoms with Crippen molar-refractivity contribution in [1.29, 1.82) is 0 Å². The molecule has 0 spiro atoms. The quantitative estimate of drug-likeness (QED) is 0.256. The average Bonchev–Trinajstić information content (AvgIpc) is 1.88. The molecule has 11 heteroatoms. The van der Waals surface area contributed by atoms with Gasteiger partial charge in [0, 0.05) is 0 Å². The van der Waals surface area contributed by atoms with Gasteiger partial charge in [0.2, 0.25) is 0 Å². The van der Waals surface area contributed by atoms with Gasteiger partial charge < -0.3 is 20.4 Å². The fourth-order valence-corrected chi connectivity index (χ4v) is 0. The van der Waals surface area contributed by atoms with Crippen molar-refractivity contribution < 1.29 is 113 Å². The second-order valence-electron chi connectivity index (χ2n) is 1.22. The van der Waals surface area contributed by atoms with Gasteiger partial charge in [-0.1, -0.05) is 0 Å². The van der Waals surface area contributed by atoms with Crippen molar-refractivity contribution in [2.45, 2.75) is 0 Å². The van der Waals surface area contributed by atoms with Crippen LogP contribution in [0.1, 0.15) is 0 Å². The summed E-state index contributed by atoms with van der Waals surface area (Å²) in [7, 11) is 0. The van der Waals surface area contributed by atoms with Gasteiger partial charge in [0.15, 0.2) is 0 Å². The normalized spacial score (nSPS) is 5.87. The van der Waals surface area contributed by atoms with Crippen molar-refractivity contribution in [3.05, 3.63) is 0 Å². The SMILES string of the molecule is O=C(O)C(=O)O.O=C(O)C(=O)O.[Ca+2].[K+].[Ti+4]. The molecule has 68 valence electrons. The number of aliphatic carboxylic acids is 4. The van der Waals surface area contributed by atoms with Gasteiger partial charge >= 0.3 is 135 Å². The first-order valence-corrected chi connectivity index (χ1v) is 2.21. The van der Waals surface area contributed by atoms with Crippen molar-refractivity contribution in [2.75, 3.05) is 0 Å². The summed E-state index contributed by atoms with van der Waals surface area (Å²) in [5, 5.41) is 29.6. The van der Waals surface area contributed by atoms with E-state index >= 15 is 0 Å². The fraction of sp³-hybridized carbons (Fsp3) is 0. The minimum Gasteiger partial charge on any atom is -0.473 e. The summed E-state index contributed by atoms with van der Waals surface area (Å²) in [5.74, 6) is -7.30. The van der Waals surface area contributed by atoms with E-state index < -0.39 is 23.9 Å². The van der Waals surface area contributed by atoms with E-state index in [1.807, 2.05) is 0 Å². The summed E-state index contributed by atoms with van der Waals surface area (Å²) in [6.45, 7) is 0. The van der Waals surface area contributed by atoms with Crippen LogP contribution in [0.4, 0.5) is 0 Å². The first-order valence-electron chi connectivity index (χ1n) is 2.21. The third-order valence-corrected chi connectivity index (χ3v) is 0.366. The Kier molecular flexibility index (Phi) is 35.7. The Hall–Kier alpha value is 1.49. The van der Waals surface area contributed by atoms with Crippen molar-refractivity contribution in [1.82, 2.24) is 0 Å². The molecule has 0 rings (SSSR count). The summed E-state index contributed by atoms with van der Waals surface area (Å²) >= 11 is 0. The second-order valence-corrected chi connectivity index (χ2v) is 1.22. The summed E-state index contributed by atoms with van der Waals surface area (Å²) in [5.41, 5.74) is 0. The Balaban J connectivity index is -0.0000000370. The molecule has 15 heavy (non-hydrogen) atoms. The molecule has 0 aliphatic carbocycles. The van der Waals surface area contributed by atoms with E-state index in [9.17, 15) is 0 Å². The van der Waals surface area contributed by atoms with E-state index in [2.05, 4.69) is 0 Å². The van der Waals surface area contributed by atoms with E-state index in [1.54, 1.807) is 0 Å². The Morgan fingerprint density at radius 1 is 0.600 bits per heavy atom. The predicted molar refractivity (Wildman–Crippen MR) is 36.3 cm³/mol. The number of carbonyl (C=O) groups is 4. The molecule has 0 saturated heterocycles. The summed E-state index contributed by atoms with van der Waals surface area (Å²) < 4.78 is 0. The van der Waals surface area contributed by atoms with Crippen LogP contribution in [0.2, 0.25) is 0 Å². The Bertz CT molecular complexity index is 183. The van der Waals surface area contributed by atoms with Crippen LogP contribution in [-0.4, -0.2) is 82.0 Å². The Morgan fingerprint density at radius 2 is 0.667 bits per heavy atom. The van der Waals surface area contributed by atoms with Crippen LogP contribution < -0.4 is 51.4 Å². The number of carboxylic acids is 4. The first kappa shape index (κ1) is 30.0. The smallest absolute Gasteiger partial charge is 0.473 e. The molecule has 0 fully saturated rings. The molecule has 0 aromatic rings. The maximum Gasteiger partial charge on any atom is 4.00 e. The minimum absolute atomic E-state index is 0. The molecule has 0 aromatic heterocycles. The van der Waals surface area contributed by atoms with Crippen molar-refractivity contribution in [3.63, 3.8) is 0 Å². The second kappa shape index (κ2) is 17.9. The molecule has 0 aliphatic heterocycles. The molecule has 0 bridgehead atoms. The van der Waals surface area contributed by atoms with E-state index in [0.717, 1.165) is 0 Å². The third-order valence-electron chi connectivity index (χ3n) is 0.366. The van der Waals surface area contributed by atoms with Crippen LogP contribution in [0, 0.1) is 0 Å². The standard InChI is InChI=1S/2C2H2O4.Ca.K.Ti/c2*3-1(4)2(5)6;;;/h2*(H,3,4)(H,5,6);;;/q;;+2;+1;+4. The zero-order chi connectivity index (χ0) is 10.3. The molecule has 0 radical (unpaired) electrons. The maximum atomic E-state index is 9.10. The predicted octanol–water partition coefficient (Wildman–Crippen LogP) is -5.07. The molecule has 8 nitrogen and oxygen atoms in total. The first-order chi connectivity index (χ1) is 5.29. The number of hydrogen-bond donors (Lipinski definition) is 4. The van der Waals surface area contributed by atoms with Gasteiger partial charge in [-0.25, -0.2) is 19.2 Å². The molecule has 0 aliphatic rings. The average molecular weight is 307 g/mol. The van der Waals surface area contributed by atoms with E-state index in [1.165, 1.54) is 0 Å². The van der Waals surface area contributed by atoms with Gasteiger partial charge in [0.1, 0.15) is 0 Å². The van der Waals surface area contributed by atoms with Gasteiger partial charge in [-0.15, -0.1) is 0 Å². The van der Waals surface area contributed by atoms with Crippen LogP contribution >= 0.6 is 0 Å². The van der Waals surface area contributed by atoms with Crippen LogP contribution in [0.15, 0.2) is 0 Å². The van der Waals surface area contributed by atoms with Gasteiger partial charge in [-0.2, -0.15) is 0 Å². The molecular weight excluding hydrogens is 303 g/mol. The van der Waals surface area contributed by atoms with Gasteiger partial charge in [0.25, 0.3) is 0 Å². The molecule has 0 atom stereocenters. The minimum atomic E-state index is -1.82. The zero-order valence-electron chi connectivity index (χ0n) is 7.63. The number of hydrogen-bond acceptors (Lipinski definition) is 4. The molecule has 0 aromatic carbocycles. The Morgan fingerprint density at radius 3 is 0.667 bits per heavy atom. The van der Waals surface area contributed by atoms with Gasteiger partial charge in [-0.3, -0.25) is 0 Å². The third kappa shape index (κ3) is 31.3. The monoisotopic (exact) mass is 307 g/mol. The summed E-state index contributed by atoms with van der Waals surface area (Å²) in [4.78, 5) is 36.4. The van der Waals surface area contributed by atoms with Crippen molar-refractivity contribution in [2.24, 2.45) is 0 Å². The molecule has 0 saturated carbocycles. The van der Waals surface area contributed by atoms with Gasteiger partial charge in [0.05, 0.1) is 0 Å². The number of rotatable bonds is 0. The fourth-order valence-electron chi connectivity index (χ4n) is 0. The van der Waals surface area contributed by atoms with Crippen LogP contribution in [0.25, 0.3) is 0 Å². The maximum absolute atomic E-state index is 9.10. The van der Waals surface area contributed by atoms with Crippen molar-refractivity contribution >= 4 is 61.6 Å². The van der Waals surface area contributed by atoms with Crippen molar-refractivity contribution in [3.8, 4) is 0 Å². The van der Waals surface area contributed by atoms with E-state index in [-0.39, 0.29) is 111 Å². The van der Waals surface area contributed by atoms with Gasteiger partial charge in [-0.05, 0) is 0 Å². The molecule has 0 unspecified atom stereocenters.